The van der Waals surface area contributed by atoms with E-state index in [0.717, 1.165) is 32.1 Å². The van der Waals surface area contributed by atoms with Crippen molar-refractivity contribution in [2.45, 2.75) is 312 Å². The Morgan fingerprint density at radius 2 is 1.34 bits per heavy atom. The van der Waals surface area contributed by atoms with Crippen LogP contribution in [0, 0.1) is 53.3 Å². The lowest BCUT2D eigenvalue weighted by molar-refractivity contribution is -0.286. The zero-order valence-corrected chi connectivity index (χ0v) is 73.5. The van der Waals surface area contributed by atoms with Gasteiger partial charge in [0, 0.05) is 49.9 Å². The predicted octanol–water partition coefficient (Wildman–Crippen LogP) is -1.40. The molecule has 8 amide bonds. The smallest absolute Gasteiger partial charge is 0.326 e. The van der Waals surface area contributed by atoms with Gasteiger partial charge in [-0.25, -0.2) is 17.9 Å². The van der Waals surface area contributed by atoms with Crippen molar-refractivity contribution in [3.05, 3.63) is 42.0 Å². The number of carbonyl (C=O) groups excluding carboxylic acids is 8. The normalized spacial score (nSPS) is 37.5. The number of fused-ring (bicyclic) bond motifs is 15. The Bertz CT molecular complexity index is 4200. The first kappa shape index (κ1) is 98.4. The molecular formula is C84H127Cl2N11O27S. The van der Waals surface area contributed by atoms with Gasteiger partial charge in [0.2, 0.25) is 53.0 Å². The number of carboxylic acid groups (broad SMARTS) is 1. The Hall–Kier alpha value is -7.16. The fourth-order valence-electron chi connectivity index (χ4n) is 19.8. The fraction of sp³-hybridized carbons (Fsp3) is 0.750. The van der Waals surface area contributed by atoms with Crippen LogP contribution in [-0.4, -0.2) is 284 Å². The number of benzene rings is 2. The molecule has 6 heterocycles. The van der Waals surface area contributed by atoms with Gasteiger partial charge in [-0.3, -0.25) is 38.4 Å². The summed E-state index contributed by atoms with van der Waals surface area (Å²) in [7, 11) is -2.87. The lowest BCUT2D eigenvalue weighted by Gasteiger charge is -2.51. The van der Waals surface area contributed by atoms with E-state index in [0.29, 0.717) is 12.4 Å². The maximum absolute atomic E-state index is 16.5. The van der Waals surface area contributed by atoms with E-state index in [1.807, 2.05) is 18.6 Å². The van der Waals surface area contributed by atoms with E-state index in [4.69, 9.17) is 63.1 Å². The van der Waals surface area contributed by atoms with Crippen LogP contribution in [0.15, 0.2) is 41.3 Å². The van der Waals surface area contributed by atoms with E-state index in [-0.39, 0.29) is 124 Å². The predicted molar refractivity (Wildman–Crippen MR) is 447 cm³/mol. The number of ether oxygens (including phenoxy) is 6. The number of alkyl halides is 2. The maximum atomic E-state index is 16.5. The highest BCUT2D eigenvalue weighted by Gasteiger charge is 2.57. The highest BCUT2D eigenvalue weighted by atomic mass is 35.5. The van der Waals surface area contributed by atoms with Crippen LogP contribution < -0.4 is 77.7 Å². The van der Waals surface area contributed by atoms with Gasteiger partial charge in [-0.15, -0.1) is 23.2 Å². The van der Waals surface area contributed by atoms with Crippen LogP contribution in [0.2, 0.25) is 0 Å². The first-order chi connectivity index (χ1) is 59.2. The number of amides is 8. The van der Waals surface area contributed by atoms with E-state index in [9.17, 15) is 78.7 Å². The molecule has 11 aliphatic rings. The maximum Gasteiger partial charge on any atom is 0.326 e. The molecule has 13 rings (SSSR count). The van der Waals surface area contributed by atoms with Crippen molar-refractivity contribution in [2.75, 3.05) is 33.4 Å². The van der Waals surface area contributed by atoms with Crippen molar-refractivity contribution in [1.29, 1.82) is 0 Å². The fourth-order valence-corrected chi connectivity index (χ4v) is 21.6. The van der Waals surface area contributed by atoms with Crippen molar-refractivity contribution in [1.82, 2.24) is 47.3 Å². The molecule has 32 atom stereocenters. The van der Waals surface area contributed by atoms with E-state index >= 15 is 24.0 Å². The first-order valence-electron chi connectivity index (χ1n) is 43.8. The number of hydrogen-bond donors (Lipinski definition) is 21. The van der Waals surface area contributed by atoms with Gasteiger partial charge >= 0.3 is 5.97 Å². The molecule has 0 aromatic heterocycles. The van der Waals surface area contributed by atoms with Crippen LogP contribution >= 0.6 is 23.2 Å². The van der Waals surface area contributed by atoms with Crippen LogP contribution in [0.4, 0.5) is 0 Å². The monoisotopic (exact) mass is 1820 g/mol. The van der Waals surface area contributed by atoms with E-state index < -0.39 is 281 Å². The summed E-state index contributed by atoms with van der Waals surface area (Å²) in [5.41, 5.74) is 10.9. The molecule has 0 radical (unpaired) electrons. The second-order valence-corrected chi connectivity index (χ2v) is 39.1. The highest BCUT2D eigenvalue weighted by Crippen LogP contribution is 2.51. The number of primary amides is 1. The molecule has 6 aliphatic heterocycles. The molecule has 2 aromatic carbocycles. The minimum atomic E-state index is -4.39. The SMILES string of the molecule is CCCCCCCOc1ccc(S(=O)(=O)NC(=O)CCNCC2[C@H](O)C3C4C[C@H](CC[C@H]4O)[C@H]4NC(=O)[C@@H]5NC(=O)[C@H](CC(N)=O)NC(=O)[C@H](NC(=O)[C@@H](CC(C)C)NC)[C@H](O)[C@H]6CC[C@@H](Oc7cc5cc(c7O[C@@H]5C[C@H](CO)[C@@H](O)[C@H](O)[C@H]5O[C@H]5C[C@](C)(N)[C@H](O)[C@H](C)O5)O[C@@H]5CC[C@@H](C[C@@H]5Cl)[C@@H](O)[C@H](NC4=O)C(=O)N[C@H](C(=O)O)C3C[C@@H]2O)[C@H](Cl)C6)cc1. The van der Waals surface area contributed by atoms with Gasteiger partial charge in [0.25, 0.3) is 10.0 Å². The van der Waals surface area contributed by atoms with Crippen LogP contribution in [-0.2, 0) is 62.6 Å². The number of aliphatic carboxylic acids is 1. The number of sulfonamides is 1. The third-order valence-corrected chi connectivity index (χ3v) is 29.1. The molecule has 2 aromatic rings. The highest BCUT2D eigenvalue weighted by molar-refractivity contribution is 7.90. The Kier molecular flexibility index (Phi) is 33.9. The van der Waals surface area contributed by atoms with Crippen molar-refractivity contribution < 1.29 is 131 Å². The molecule has 41 heteroatoms. The number of halogens is 2. The average molecular weight is 1830 g/mol. The average Bonchev–Trinajstić information content (AvgIpc) is 0.756. The summed E-state index contributed by atoms with van der Waals surface area (Å²) in [4.78, 5) is 134. The molecule has 2 saturated heterocycles. The quantitative estimate of drug-likeness (QED) is 0.0361. The minimum Gasteiger partial charge on any atom is -0.494 e. The Balaban J connectivity index is 0.997. The second kappa shape index (κ2) is 43.0. The number of aliphatic hydroxyl groups excluding tert-OH is 9. The molecule has 0 spiro atoms. The lowest BCUT2D eigenvalue weighted by Crippen LogP contribution is -2.66. The summed E-state index contributed by atoms with van der Waals surface area (Å²) in [6, 6.07) is -5.19. The zero-order chi connectivity index (χ0) is 91.0. The number of hydrogen-bond acceptors (Lipinski definition) is 29. The summed E-state index contributed by atoms with van der Waals surface area (Å²) >= 11 is 14.9. The molecule has 125 heavy (non-hydrogen) atoms. The van der Waals surface area contributed by atoms with E-state index in [2.05, 4.69) is 49.5 Å². The van der Waals surface area contributed by atoms with Gasteiger partial charge in [0.15, 0.2) is 17.8 Å². The molecule has 700 valence electrons. The molecular weight excluding hydrogens is 1700 g/mol. The van der Waals surface area contributed by atoms with Gasteiger partial charge in [-0.2, -0.15) is 0 Å². The second-order valence-electron chi connectivity index (χ2n) is 36.3. The summed E-state index contributed by atoms with van der Waals surface area (Å²) < 4.78 is 68.5. The number of carbonyl (C=O) groups is 9. The van der Waals surface area contributed by atoms with Crippen LogP contribution in [0.25, 0.3) is 0 Å². The zero-order valence-electron chi connectivity index (χ0n) is 71.1. The number of unbranched alkanes of at least 4 members (excludes halogenated alkanes) is 4. The number of aliphatic hydroxyl groups is 9. The van der Waals surface area contributed by atoms with Gasteiger partial charge in [0.05, 0.1) is 83.6 Å². The third-order valence-electron chi connectivity index (χ3n) is 26.8. The van der Waals surface area contributed by atoms with Gasteiger partial charge in [-0.1, -0.05) is 46.5 Å². The standard InChI is InChI=1S/C84H127Cl2N11O27S/c1-7-8-9-10-11-24-119-44-15-17-45(18-16-44)125(117,118)97-61(102)22-23-90-35-48-54(100)32-47-63(72(48)106)46-26-39(12-19-53(46)99)64-79(111)96-68(82(114)94-66(47)83(115)116)70(104)41-14-21-56(50(86)28-41)122-58-30-42-29-57(74(58)123-59-31-43(36-98)71(105)73(107)75(59)124-62-34-84(5,88)76(108)38(4)120-62)121-55-20-13-40(27-49(55)85)69(103)67(95-77(109)51(89-6)25-37(2)3)81(113)91-52(33-60(87)101)78(110)92-65(42)80(112)93-64/h15-18,29-30,37-41,43,46-56,59,62-73,75-76,89-90,98-100,103-108H,7-14,19-28,31-36,88H2,1-6H3,(H2,87,101)(H,91,113)(H,92,110)(H,93,112)(H,94,114)(H,95,109)(H,96,111)(H,97,102)(H,115,116)/t38-,39-,40-,41-,43+,46?,47?,48?,49+,50-,51+,52-,53+,54-,55+,56+,59+,62-,63?,64+,65+,66-,67+,68-,69+,70+,71+,72-,73-,75-,76+,84-/m0/s1. The summed E-state index contributed by atoms with van der Waals surface area (Å²) in [5, 5.41) is 139. The van der Waals surface area contributed by atoms with Crippen LogP contribution in [0.1, 0.15) is 175 Å². The molecule has 23 N–H and O–H groups in total. The van der Waals surface area contributed by atoms with Gasteiger partial charge < -0.3 is 133 Å². The van der Waals surface area contributed by atoms with Crippen LogP contribution in [0.5, 0.6) is 23.0 Å². The van der Waals surface area contributed by atoms with Crippen molar-refractivity contribution in [3.8, 4) is 23.0 Å². The minimum absolute atomic E-state index is 0.0156. The largest absolute Gasteiger partial charge is 0.494 e. The summed E-state index contributed by atoms with van der Waals surface area (Å²) in [6.45, 7) is 8.10. The van der Waals surface area contributed by atoms with Gasteiger partial charge in [0.1, 0.15) is 72.5 Å². The molecule has 5 aliphatic carbocycles. The topological polar surface area (TPSA) is 606 Å². The Labute approximate surface area is 736 Å². The van der Waals surface area contributed by atoms with Gasteiger partial charge in [-0.05, 0) is 188 Å². The molecule has 4 unspecified atom stereocenters. The van der Waals surface area contributed by atoms with Crippen molar-refractivity contribution >= 4 is 86.5 Å². The van der Waals surface area contributed by atoms with Crippen molar-refractivity contribution in [3.63, 3.8) is 0 Å². The van der Waals surface area contributed by atoms with E-state index in [1.165, 1.54) is 43.4 Å². The van der Waals surface area contributed by atoms with E-state index in [1.54, 1.807) is 13.8 Å². The number of likely N-dealkylation sites (N-methyl/N-ethyl adjacent to an activating group) is 1. The Morgan fingerprint density at radius 3 is 1.95 bits per heavy atom. The number of carboxylic acids is 1. The Morgan fingerprint density at radius 1 is 0.712 bits per heavy atom. The number of rotatable bonds is 27. The lowest BCUT2D eigenvalue weighted by atomic mass is 9.58. The molecule has 5 saturated carbocycles. The first-order valence-corrected chi connectivity index (χ1v) is 46.2. The van der Waals surface area contributed by atoms with Crippen molar-refractivity contribution in [2.24, 2.45) is 64.7 Å². The summed E-state index contributed by atoms with van der Waals surface area (Å²) in [6.07, 6.45) is -19.4. The number of nitrogens with two attached hydrogens (primary N) is 2. The van der Waals surface area contributed by atoms with Crippen LogP contribution in [0.3, 0.4) is 0 Å². The summed E-state index contributed by atoms with van der Waals surface area (Å²) in [5.74, 6) is -21.3. The third kappa shape index (κ3) is 23.7. The molecule has 7 fully saturated rings. The molecule has 38 nitrogen and oxygen atoms in total. The molecule has 11 bridgehead atoms. The number of nitrogens with one attached hydrogen (secondary N) is 9.